The zero-order valence-electron chi connectivity index (χ0n) is 14.7. The van der Waals surface area contributed by atoms with Gasteiger partial charge in [-0.05, 0) is 45.3 Å². The highest BCUT2D eigenvalue weighted by molar-refractivity contribution is 5.58. The zero-order valence-corrected chi connectivity index (χ0v) is 14.7. The van der Waals surface area contributed by atoms with E-state index in [0.717, 1.165) is 13.1 Å². The second-order valence-electron chi connectivity index (χ2n) is 7.09. The first-order chi connectivity index (χ1) is 12.7. The van der Waals surface area contributed by atoms with Gasteiger partial charge in [-0.1, -0.05) is 17.3 Å². The summed E-state index contributed by atoms with van der Waals surface area (Å²) < 4.78 is 5.40. The zero-order chi connectivity index (χ0) is 17.9. The SMILES string of the molecule is O=[N+]([O-])c1cccc(-c2noc(CN3CCC[C@H](N4CCCC4)C3)n2)c1. The smallest absolute Gasteiger partial charge is 0.270 e. The van der Waals surface area contributed by atoms with Crippen LogP contribution in [0, 0.1) is 10.1 Å². The van der Waals surface area contributed by atoms with Gasteiger partial charge in [0.15, 0.2) is 0 Å². The molecule has 2 aromatic rings. The molecule has 0 saturated carbocycles. The first-order valence-electron chi connectivity index (χ1n) is 9.23. The predicted octanol–water partition coefficient (Wildman–Crippen LogP) is 2.71. The summed E-state index contributed by atoms with van der Waals surface area (Å²) in [6.45, 7) is 5.14. The molecular formula is C18H23N5O3. The molecule has 1 aromatic heterocycles. The van der Waals surface area contributed by atoms with Crippen molar-refractivity contribution < 1.29 is 9.45 Å². The lowest BCUT2D eigenvalue weighted by atomic mass is 10.0. The molecule has 2 aliphatic rings. The van der Waals surface area contributed by atoms with E-state index in [1.54, 1.807) is 12.1 Å². The lowest BCUT2D eigenvalue weighted by Gasteiger charge is -2.36. The van der Waals surface area contributed by atoms with Gasteiger partial charge in [0, 0.05) is 30.3 Å². The average molecular weight is 357 g/mol. The molecule has 8 nitrogen and oxygen atoms in total. The van der Waals surface area contributed by atoms with Crippen LogP contribution in [0.2, 0.25) is 0 Å². The molecule has 0 aliphatic carbocycles. The molecule has 0 bridgehead atoms. The molecule has 3 heterocycles. The molecule has 2 fully saturated rings. The van der Waals surface area contributed by atoms with Gasteiger partial charge >= 0.3 is 0 Å². The number of hydrogen-bond acceptors (Lipinski definition) is 7. The Morgan fingerprint density at radius 1 is 1.23 bits per heavy atom. The van der Waals surface area contributed by atoms with E-state index in [0.29, 0.717) is 29.9 Å². The van der Waals surface area contributed by atoms with Gasteiger partial charge in [-0.25, -0.2) is 0 Å². The Morgan fingerprint density at radius 2 is 2.08 bits per heavy atom. The van der Waals surface area contributed by atoms with Crippen molar-refractivity contribution in [3.05, 3.63) is 40.3 Å². The van der Waals surface area contributed by atoms with E-state index in [1.165, 1.54) is 50.9 Å². The van der Waals surface area contributed by atoms with Crippen LogP contribution in [-0.4, -0.2) is 57.1 Å². The van der Waals surface area contributed by atoms with Gasteiger partial charge in [0.1, 0.15) is 0 Å². The van der Waals surface area contributed by atoms with Crippen LogP contribution in [0.15, 0.2) is 28.8 Å². The summed E-state index contributed by atoms with van der Waals surface area (Å²) >= 11 is 0. The van der Waals surface area contributed by atoms with Crippen LogP contribution in [0.5, 0.6) is 0 Å². The Labute approximate surface area is 151 Å². The van der Waals surface area contributed by atoms with Crippen molar-refractivity contribution >= 4 is 5.69 Å². The van der Waals surface area contributed by atoms with Crippen molar-refractivity contribution in [3.8, 4) is 11.4 Å². The Bertz CT molecular complexity index is 772. The molecule has 0 spiro atoms. The van der Waals surface area contributed by atoms with Crippen LogP contribution >= 0.6 is 0 Å². The fourth-order valence-corrected chi connectivity index (χ4v) is 3.97. The third kappa shape index (κ3) is 3.76. The van der Waals surface area contributed by atoms with Crippen LogP contribution < -0.4 is 0 Å². The molecule has 26 heavy (non-hydrogen) atoms. The Balaban J connectivity index is 1.41. The monoisotopic (exact) mass is 357 g/mol. The Kier molecular flexibility index (Phi) is 4.94. The van der Waals surface area contributed by atoms with Crippen LogP contribution in [-0.2, 0) is 6.54 Å². The second kappa shape index (κ2) is 7.51. The summed E-state index contributed by atoms with van der Waals surface area (Å²) in [7, 11) is 0. The molecule has 4 rings (SSSR count). The van der Waals surface area contributed by atoms with Gasteiger partial charge in [-0.15, -0.1) is 0 Å². The minimum absolute atomic E-state index is 0.0262. The summed E-state index contributed by atoms with van der Waals surface area (Å²) in [5.74, 6) is 0.963. The lowest BCUT2D eigenvalue weighted by molar-refractivity contribution is -0.384. The van der Waals surface area contributed by atoms with Crippen LogP contribution in [0.3, 0.4) is 0 Å². The summed E-state index contributed by atoms with van der Waals surface area (Å²) in [4.78, 5) is 19.9. The molecular weight excluding hydrogens is 334 g/mol. The maximum Gasteiger partial charge on any atom is 0.270 e. The first-order valence-corrected chi connectivity index (χ1v) is 9.23. The molecule has 0 N–H and O–H groups in total. The maximum atomic E-state index is 10.9. The largest absolute Gasteiger partial charge is 0.338 e. The number of likely N-dealkylation sites (tertiary alicyclic amines) is 2. The number of benzene rings is 1. The molecule has 8 heteroatoms. The van der Waals surface area contributed by atoms with E-state index in [4.69, 9.17) is 4.52 Å². The van der Waals surface area contributed by atoms with E-state index in [2.05, 4.69) is 19.9 Å². The summed E-state index contributed by atoms with van der Waals surface area (Å²) in [6.07, 6.45) is 5.08. The normalized spacial score (nSPS) is 21.9. The fraction of sp³-hybridized carbons (Fsp3) is 0.556. The van der Waals surface area contributed by atoms with Crippen LogP contribution in [0.1, 0.15) is 31.6 Å². The highest BCUT2D eigenvalue weighted by atomic mass is 16.6. The van der Waals surface area contributed by atoms with Gasteiger partial charge in [-0.3, -0.25) is 19.9 Å². The number of rotatable bonds is 5. The number of nitrogens with zero attached hydrogens (tertiary/aromatic N) is 5. The number of aromatic nitrogens is 2. The standard InChI is InChI=1S/C18H23N5O3/c24-23(25)15-6-3-5-14(11-15)18-19-17(26-20-18)13-21-8-4-7-16(12-21)22-9-1-2-10-22/h3,5-6,11,16H,1-2,4,7-10,12-13H2/t16-/m0/s1. The number of non-ortho nitro benzene ring substituents is 1. The summed E-state index contributed by atoms with van der Waals surface area (Å²) in [6, 6.07) is 6.95. The van der Waals surface area contributed by atoms with Crippen molar-refractivity contribution in [2.75, 3.05) is 26.2 Å². The van der Waals surface area contributed by atoms with E-state index < -0.39 is 4.92 Å². The minimum Gasteiger partial charge on any atom is -0.338 e. The molecule has 1 atom stereocenters. The van der Waals surface area contributed by atoms with Gasteiger partial charge in [-0.2, -0.15) is 4.98 Å². The van der Waals surface area contributed by atoms with E-state index in [-0.39, 0.29) is 5.69 Å². The fourth-order valence-electron chi connectivity index (χ4n) is 3.97. The van der Waals surface area contributed by atoms with E-state index in [9.17, 15) is 10.1 Å². The Morgan fingerprint density at radius 3 is 2.88 bits per heavy atom. The van der Waals surface area contributed by atoms with Crippen molar-refractivity contribution in [1.82, 2.24) is 19.9 Å². The molecule has 0 radical (unpaired) electrons. The third-order valence-electron chi connectivity index (χ3n) is 5.28. The average Bonchev–Trinajstić information content (AvgIpc) is 3.34. The number of nitro groups is 1. The molecule has 2 aliphatic heterocycles. The van der Waals surface area contributed by atoms with E-state index >= 15 is 0 Å². The highest BCUT2D eigenvalue weighted by Crippen LogP contribution is 2.24. The van der Waals surface area contributed by atoms with Gasteiger partial charge < -0.3 is 4.52 Å². The van der Waals surface area contributed by atoms with Crippen molar-refractivity contribution in [1.29, 1.82) is 0 Å². The van der Waals surface area contributed by atoms with Crippen LogP contribution in [0.25, 0.3) is 11.4 Å². The van der Waals surface area contributed by atoms with Crippen molar-refractivity contribution in [2.24, 2.45) is 0 Å². The number of nitro benzene ring substituents is 1. The molecule has 138 valence electrons. The van der Waals surface area contributed by atoms with Crippen molar-refractivity contribution in [2.45, 2.75) is 38.3 Å². The topological polar surface area (TPSA) is 88.5 Å². The number of piperidine rings is 1. The second-order valence-corrected chi connectivity index (χ2v) is 7.09. The van der Waals surface area contributed by atoms with Crippen molar-refractivity contribution in [3.63, 3.8) is 0 Å². The summed E-state index contributed by atoms with van der Waals surface area (Å²) in [5, 5.41) is 14.9. The van der Waals surface area contributed by atoms with E-state index in [1.807, 2.05) is 0 Å². The van der Waals surface area contributed by atoms with Crippen LogP contribution in [0.4, 0.5) is 5.69 Å². The predicted molar refractivity (Wildman–Crippen MR) is 95.5 cm³/mol. The molecule has 2 saturated heterocycles. The lowest BCUT2D eigenvalue weighted by Crippen LogP contribution is -2.46. The number of hydrogen-bond donors (Lipinski definition) is 0. The van der Waals surface area contributed by atoms with Gasteiger partial charge in [0.25, 0.3) is 5.69 Å². The minimum atomic E-state index is -0.420. The third-order valence-corrected chi connectivity index (χ3v) is 5.28. The first kappa shape index (κ1) is 17.1. The highest BCUT2D eigenvalue weighted by Gasteiger charge is 2.28. The molecule has 0 unspecified atom stereocenters. The maximum absolute atomic E-state index is 10.9. The van der Waals surface area contributed by atoms with Gasteiger partial charge in [0.05, 0.1) is 11.5 Å². The quantitative estimate of drug-likeness (QED) is 0.600. The summed E-state index contributed by atoms with van der Waals surface area (Å²) in [5.41, 5.74) is 0.626. The Hall–Kier alpha value is -2.32. The van der Waals surface area contributed by atoms with Gasteiger partial charge in [0.2, 0.25) is 11.7 Å². The molecule has 0 amide bonds. The molecule has 1 aromatic carbocycles.